The minimum Gasteiger partial charge on any atom is -0.445 e. The Labute approximate surface area is 113 Å². The molecule has 0 spiro atoms. The number of nitrogens with two attached hydrogens (primary N) is 1. The van der Waals surface area contributed by atoms with E-state index in [-0.39, 0.29) is 19.2 Å². The van der Waals surface area contributed by atoms with E-state index in [1.807, 2.05) is 30.3 Å². The summed E-state index contributed by atoms with van der Waals surface area (Å²) in [6.45, 7) is 1.07. The van der Waals surface area contributed by atoms with Gasteiger partial charge < -0.3 is 20.5 Å². The molecular formula is C14H20N2O3. The first kappa shape index (κ1) is 13.8. The second-order valence-electron chi connectivity index (χ2n) is 4.86. The molecule has 1 aliphatic rings. The minimum atomic E-state index is -0.674. The van der Waals surface area contributed by atoms with Crippen LogP contribution in [0.2, 0.25) is 0 Å². The van der Waals surface area contributed by atoms with E-state index >= 15 is 0 Å². The standard InChI is InChI=1S/C14H20N2O3/c15-12-7-4-8-16(9-13(12)17)14(18)19-10-11-5-2-1-3-6-11/h1-3,5-6,12-13,17H,4,7-10,15H2/t12-,13-/m1/s1. The van der Waals surface area contributed by atoms with Crippen LogP contribution in [0.15, 0.2) is 30.3 Å². The first-order valence-electron chi connectivity index (χ1n) is 6.56. The molecule has 0 radical (unpaired) electrons. The number of amides is 1. The summed E-state index contributed by atoms with van der Waals surface area (Å²) in [5.41, 5.74) is 6.72. The van der Waals surface area contributed by atoms with Gasteiger partial charge >= 0.3 is 6.09 Å². The van der Waals surface area contributed by atoms with Crippen LogP contribution >= 0.6 is 0 Å². The smallest absolute Gasteiger partial charge is 0.410 e. The number of ether oxygens (including phenoxy) is 1. The molecule has 3 N–H and O–H groups in total. The number of hydrogen-bond donors (Lipinski definition) is 2. The fourth-order valence-corrected chi connectivity index (χ4v) is 2.14. The summed E-state index contributed by atoms with van der Waals surface area (Å²) < 4.78 is 5.24. The Morgan fingerprint density at radius 2 is 2.16 bits per heavy atom. The monoisotopic (exact) mass is 264 g/mol. The number of rotatable bonds is 2. The molecule has 1 aromatic rings. The zero-order valence-electron chi connectivity index (χ0n) is 10.9. The molecule has 5 heteroatoms. The quantitative estimate of drug-likeness (QED) is 0.839. The molecule has 1 fully saturated rings. The number of likely N-dealkylation sites (tertiary alicyclic amines) is 1. The lowest BCUT2D eigenvalue weighted by molar-refractivity contribution is 0.0702. The molecular weight excluding hydrogens is 244 g/mol. The van der Waals surface area contributed by atoms with Gasteiger partial charge in [-0.25, -0.2) is 4.79 Å². The molecule has 1 aromatic carbocycles. The highest BCUT2D eigenvalue weighted by Crippen LogP contribution is 2.12. The number of carbonyl (C=O) groups is 1. The molecule has 0 bridgehead atoms. The zero-order chi connectivity index (χ0) is 13.7. The number of hydrogen-bond acceptors (Lipinski definition) is 4. The Balaban J connectivity index is 1.85. The van der Waals surface area contributed by atoms with Gasteiger partial charge in [-0.1, -0.05) is 30.3 Å². The van der Waals surface area contributed by atoms with E-state index in [1.54, 1.807) is 0 Å². The minimum absolute atomic E-state index is 0.245. The van der Waals surface area contributed by atoms with Gasteiger partial charge in [-0.3, -0.25) is 0 Å². The second-order valence-corrected chi connectivity index (χ2v) is 4.86. The highest BCUT2D eigenvalue weighted by atomic mass is 16.6. The molecule has 0 aromatic heterocycles. The van der Waals surface area contributed by atoms with E-state index in [0.717, 1.165) is 18.4 Å². The van der Waals surface area contributed by atoms with Crippen LogP contribution in [-0.2, 0) is 11.3 Å². The molecule has 0 saturated carbocycles. The topological polar surface area (TPSA) is 75.8 Å². The van der Waals surface area contributed by atoms with Gasteiger partial charge in [-0.05, 0) is 18.4 Å². The molecule has 5 nitrogen and oxygen atoms in total. The maximum atomic E-state index is 11.9. The van der Waals surface area contributed by atoms with Gasteiger partial charge in [0.15, 0.2) is 0 Å². The summed E-state index contributed by atoms with van der Waals surface area (Å²) in [7, 11) is 0. The first-order chi connectivity index (χ1) is 9.16. The van der Waals surface area contributed by atoms with E-state index in [4.69, 9.17) is 10.5 Å². The average molecular weight is 264 g/mol. The zero-order valence-corrected chi connectivity index (χ0v) is 10.9. The molecule has 1 amide bonds. The number of aliphatic hydroxyl groups is 1. The van der Waals surface area contributed by atoms with Crippen LogP contribution in [0.3, 0.4) is 0 Å². The van der Waals surface area contributed by atoms with Gasteiger partial charge in [0.05, 0.1) is 12.6 Å². The van der Waals surface area contributed by atoms with E-state index in [9.17, 15) is 9.90 Å². The molecule has 2 atom stereocenters. The van der Waals surface area contributed by atoms with Crippen molar-refractivity contribution in [3.8, 4) is 0 Å². The third-order valence-corrected chi connectivity index (χ3v) is 3.33. The third kappa shape index (κ3) is 3.94. The van der Waals surface area contributed by atoms with E-state index in [0.29, 0.717) is 6.54 Å². The van der Waals surface area contributed by atoms with Crippen molar-refractivity contribution in [2.24, 2.45) is 5.73 Å². The van der Waals surface area contributed by atoms with E-state index in [1.165, 1.54) is 4.90 Å². The number of β-amino-alcohol motifs (C(OH)–C–C–N with tert-alkyl or cyclic N) is 1. The van der Waals surface area contributed by atoms with Crippen LogP contribution in [0, 0.1) is 0 Å². The van der Waals surface area contributed by atoms with Crippen molar-refractivity contribution in [1.82, 2.24) is 4.90 Å². The highest BCUT2D eigenvalue weighted by molar-refractivity contribution is 5.67. The van der Waals surface area contributed by atoms with Crippen molar-refractivity contribution in [3.05, 3.63) is 35.9 Å². The lowest BCUT2D eigenvalue weighted by Gasteiger charge is -2.22. The largest absolute Gasteiger partial charge is 0.445 e. The predicted octanol–water partition coefficient (Wildman–Crippen LogP) is 1.11. The fourth-order valence-electron chi connectivity index (χ4n) is 2.14. The van der Waals surface area contributed by atoms with Crippen LogP contribution in [-0.4, -0.2) is 41.3 Å². The van der Waals surface area contributed by atoms with Gasteiger partial charge in [0.2, 0.25) is 0 Å². The molecule has 19 heavy (non-hydrogen) atoms. The maximum Gasteiger partial charge on any atom is 0.410 e. The van der Waals surface area contributed by atoms with Crippen molar-refractivity contribution in [1.29, 1.82) is 0 Å². The fraction of sp³-hybridized carbons (Fsp3) is 0.500. The third-order valence-electron chi connectivity index (χ3n) is 3.33. The molecule has 1 aliphatic heterocycles. The highest BCUT2D eigenvalue weighted by Gasteiger charge is 2.26. The first-order valence-corrected chi connectivity index (χ1v) is 6.56. The number of nitrogens with zero attached hydrogens (tertiary/aromatic N) is 1. The van der Waals surface area contributed by atoms with Gasteiger partial charge in [-0.15, -0.1) is 0 Å². The van der Waals surface area contributed by atoms with Gasteiger partial charge in [0.1, 0.15) is 6.61 Å². The number of benzene rings is 1. The van der Waals surface area contributed by atoms with Gasteiger partial charge in [0.25, 0.3) is 0 Å². The van der Waals surface area contributed by atoms with Crippen molar-refractivity contribution >= 4 is 6.09 Å². The van der Waals surface area contributed by atoms with Crippen LogP contribution < -0.4 is 5.73 Å². The predicted molar refractivity (Wildman–Crippen MR) is 71.4 cm³/mol. The SMILES string of the molecule is N[C@@H]1CCCN(C(=O)OCc2ccccc2)C[C@H]1O. The summed E-state index contributed by atoms with van der Waals surface area (Å²) in [5, 5.41) is 9.79. The number of carbonyl (C=O) groups excluding carboxylic acids is 1. The molecule has 2 rings (SSSR count). The summed E-state index contributed by atoms with van der Waals surface area (Å²) in [5.74, 6) is 0. The lowest BCUT2D eigenvalue weighted by atomic mass is 10.1. The summed E-state index contributed by atoms with van der Waals surface area (Å²) in [6, 6.07) is 9.26. The van der Waals surface area contributed by atoms with Gasteiger partial charge in [0, 0.05) is 12.6 Å². The van der Waals surface area contributed by atoms with Crippen LogP contribution in [0.5, 0.6) is 0 Å². The average Bonchev–Trinajstić information content (AvgIpc) is 2.60. The summed E-state index contributed by atoms with van der Waals surface area (Å²) >= 11 is 0. The van der Waals surface area contributed by atoms with Crippen LogP contribution in [0.1, 0.15) is 18.4 Å². The normalized spacial score (nSPS) is 23.8. The molecule has 0 aliphatic carbocycles. The van der Waals surface area contributed by atoms with Crippen LogP contribution in [0.4, 0.5) is 4.79 Å². The number of aliphatic hydroxyl groups excluding tert-OH is 1. The Bertz CT molecular complexity index is 410. The Morgan fingerprint density at radius 3 is 2.89 bits per heavy atom. The summed E-state index contributed by atoms with van der Waals surface area (Å²) in [4.78, 5) is 13.5. The molecule has 0 unspecified atom stereocenters. The van der Waals surface area contributed by atoms with Crippen molar-refractivity contribution in [3.63, 3.8) is 0 Å². The van der Waals surface area contributed by atoms with E-state index < -0.39 is 12.2 Å². The van der Waals surface area contributed by atoms with Crippen molar-refractivity contribution in [2.75, 3.05) is 13.1 Å². The van der Waals surface area contributed by atoms with Crippen molar-refractivity contribution < 1.29 is 14.6 Å². The Morgan fingerprint density at radius 1 is 1.42 bits per heavy atom. The van der Waals surface area contributed by atoms with Gasteiger partial charge in [-0.2, -0.15) is 0 Å². The molecule has 104 valence electrons. The van der Waals surface area contributed by atoms with Crippen molar-refractivity contribution in [2.45, 2.75) is 31.6 Å². The molecule has 1 heterocycles. The maximum absolute atomic E-state index is 11.9. The second kappa shape index (κ2) is 6.54. The Hall–Kier alpha value is -1.59. The lowest BCUT2D eigenvalue weighted by Crippen LogP contribution is -2.42. The van der Waals surface area contributed by atoms with E-state index in [2.05, 4.69) is 0 Å². The molecule has 1 saturated heterocycles. The van der Waals surface area contributed by atoms with Crippen LogP contribution in [0.25, 0.3) is 0 Å². The Kier molecular flexibility index (Phi) is 4.76. The summed E-state index contributed by atoms with van der Waals surface area (Å²) in [6.07, 6.45) is 0.450.